The third-order valence-electron chi connectivity index (χ3n) is 3.00. The number of hydrogen-bond acceptors (Lipinski definition) is 4. The molecule has 3 nitrogen and oxygen atoms in total. The van der Waals surface area contributed by atoms with E-state index in [-0.39, 0.29) is 0 Å². The molecule has 20 heavy (non-hydrogen) atoms. The molecule has 0 fully saturated rings. The van der Waals surface area contributed by atoms with Gasteiger partial charge in [-0.2, -0.15) is 0 Å². The second kappa shape index (κ2) is 7.04. The number of rotatable bonds is 6. The molecule has 0 bridgehead atoms. The average molecular weight is 312 g/mol. The molecular weight excluding hydrogens is 294 g/mol. The topological polar surface area (TPSA) is 31.4 Å². The summed E-state index contributed by atoms with van der Waals surface area (Å²) >= 11 is 7.58. The summed E-state index contributed by atoms with van der Waals surface area (Å²) < 4.78 is 10.7. The van der Waals surface area contributed by atoms with Crippen LogP contribution in [0.3, 0.4) is 0 Å². The Morgan fingerprint density at radius 3 is 2.60 bits per heavy atom. The fraction of sp³-hybridized carbons (Fsp3) is 0.400. The molecule has 1 heterocycles. The maximum Gasteiger partial charge on any atom is 0.161 e. The maximum absolute atomic E-state index is 5.85. The van der Waals surface area contributed by atoms with Gasteiger partial charge in [-0.1, -0.05) is 6.92 Å². The van der Waals surface area contributed by atoms with Gasteiger partial charge in [0.25, 0.3) is 0 Å². The number of hydrogen-bond donors (Lipinski definition) is 0. The van der Waals surface area contributed by atoms with Gasteiger partial charge in [0.05, 0.1) is 14.2 Å². The first-order valence-electron chi connectivity index (χ1n) is 6.39. The highest BCUT2D eigenvalue weighted by Gasteiger charge is 2.11. The van der Waals surface area contributed by atoms with Crippen LogP contribution in [0.1, 0.15) is 6.92 Å². The van der Waals surface area contributed by atoms with E-state index in [0.717, 1.165) is 33.1 Å². The van der Waals surface area contributed by atoms with E-state index in [4.69, 9.17) is 21.1 Å². The Labute approximate surface area is 128 Å². The van der Waals surface area contributed by atoms with Crippen molar-refractivity contribution in [1.82, 2.24) is 4.98 Å². The predicted molar refractivity (Wildman–Crippen MR) is 85.5 cm³/mol. The van der Waals surface area contributed by atoms with E-state index in [0.29, 0.717) is 11.8 Å². The quantitative estimate of drug-likeness (QED) is 0.590. The van der Waals surface area contributed by atoms with Crippen LogP contribution in [0.25, 0.3) is 10.8 Å². The van der Waals surface area contributed by atoms with Crippen molar-refractivity contribution in [2.45, 2.75) is 11.9 Å². The standard InChI is InChI=1S/C15H18ClNO2S/c1-10(8-16)9-20-15-12-7-14(19-3)13(18-2)6-11(12)4-5-17-15/h4-7,10H,8-9H2,1-3H3. The average Bonchev–Trinajstić information content (AvgIpc) is 2.50. The molecule has 0 saturated carbocycles. The van der Waals surface area contributed by atoms with Gasteiger partial charge in [0, 0.05) is 23.2 Å². The first-order chi connectivity index (χ1) is 9.69. The third-order valence-corrected chi connectivity index (χ3v) is 4.86. The second-order valence-electron chi connectivity index (χ2n) is 4.61. The van der Waals surface area contributed by atoms with Crippen molar-refractivity contribution >= 4 is 34.1 Å². The van der Waals surface area contributed by atoms with Gasteiger partial charge in [0.15, 0.2) is 11.5 Å². The summed E-state index contributed by atoms with van der Waals surface area (Å²) in [5, 5.41) is 3.18. The zero-order chi connectivity index (χ0) is 14.5. The maximum atomic E-state index is 5.85. The van der Waals surface area contributed by atoms with Crippen molar-refractivity contribution < 1.29 is 9.47 Å². The van der Waals surface area contributed by atoms with Crippen LogP contribution < -0.4 is 9.47 Å². The van der Waals surface area contributed by atoms with Crippen LogP contribution in [-0.4, -0.2) is 30.8 Å². The SMILES string of the molecule is COc1cc2ccnc(SCC(C)CCl)c2cc1OC. The fourth-order valence-electron chi connectivity index (χ4n) is 1.85. The van der Waals surface area contributed by atoms with E-state index < -0.39 is 0 Å². The van der Waals surface area contributed by atoms with E-state index in [2.05, 4.69) is 11.9 Å². The van der Waals surface area contributed by atoms with E-state index in [1.165, 1.54) is 0 Å². The Morgan fingerprint density at radius 1 is 1.25 bits per heavy atom. The molecule has 2 aromatic rings. The van der Waals surface area contributed by atoms with Gasteiger partial charge in [-0.3, -0.25) is 0 Å². The summed E-state index contributed by atoms with van der Waals surface area (Å²) in [6.07, 6.45) is 1.82. The molecule has 1 atom stereocenters. The highest BCUT2D eigenvalue weighted by molar-refractivity contribution is 7.99. The molecule has 0 spiro atoms. The van der Waals surface area contributed by atoms with E-state index in [9.17, 15) is 0 Å². The minimum Gasteiger partial charge on any atom is -0.493 e. The summed E-state index contributed by atoms with van der Waals surface area (Å²) in [6, 6.07) is 5.94. The fourth-order valence-corrected chi connectivity index (χ4v) is 3.12. The molecule has 2 rings (SSSR count). The monoisotopic (exact) mass is 311 g/mol. The van der Waals surface area contributed by atoms with Crippen LogP contribution in [0.15, 0.2) is 29.4 Å². The number of halogens is 1. The first-order valence-corrected chi connectivity index (χ1v) is 7.91. The third kappa shape index (κ3) is 3.30. The molecule has 0 radical (unpaired) electrons. The number of alkyl halides is 1. The molecule has 1 aromatic carbocycles. The number of benzene rings is 1. The zero-order valence-electron chi connectivity index (χ0n) is 11.9. The molecule has 0 saturated heterocycles. The predicted octanol–water partition coefficient (Wildman–Crippen LogP) is 4.22. The molecule has 0 aliphatic heterocycles. The van der Waals surface area contributed by atoms with Crippen molar-refractivity contribution in [3.8, 4) is 11.5 Å². The normalized spacial score (nSPS) is 12.4. The molecule has 0 N–H and O–H groups in total. The van der Waals surface area contributed by atoms with Crippen LogP contribution in [0.2, 0.25) is 0 Å². The summed E-state index contributed by atoms with van der Waals surface area (Å²) in [6.45, 7) is 2.13. The van der Waals surface area contributed by atoms with Crippen molar-refractivity contribution in [3.05, 3.63) is 24.4 Å². The Hall–Kier alpha value is -1.13. The van der Waals surface area contributed by atoms with Crippen molar-refractivity contribution in [1.29, 1.82) is 0 Å². The second-order valence-corrected chi connectivity index (χ2v) is 5.93. The molecule has 108 valence electrons. The largest absolute Gasteiger partial charge is 0.493 e. The zero-order valence-corrected chi connectivity index (χ0v) is 13.4. The first kappa shape index (κ1) is 15.3. The van der Waals surface area contributed by atoms with E-state index in [1.54, 1.807) is 26.0 Å². The summed E-state index contributed by atoms with van der Waals surface area (Å²) in [4.78, 5) is 4.47. The molecule has 0 aliphatic rings. The number of nitrogens with zero attached hydrogens (tertiary/aromatic N) is 1. The Balaban J connectivity index is 2.40. The lowest BCUT2D eigenvalue weighted by Crippen LogP contribution is -1.99. The number of fused-ring (bicyclic) bond motifs is 1. The van der Waals surface area contributed by atoms with E-state index >= 15 is 0 Å². The molecular formula is C15H18ClNO2S. The lowest BCUT2D eigenvalue weighted by atomic mass is 10.1. The lowest BCUT2D eigenvalue weighted by Gasteiger charge is -2.12. The van der Waals surface area contributed by atoms with Gasteiger partial charge in [0.2, 0.25) is 0 Å². The molecule has 5 heteroatoms. The van der Waals surface area contributed by atoms with Crippen LogP contribution in [-0.2, 0) is 0 Å². The highest BCUT2D eigenvalue weighted by Crippen LogP contribution is 2.36. The smallest absolute Gasteiger partial charge is 0.161 e. The van der Waals surface area contributed by atoms with Crippen molar-refractivity contribution in [2.75, 3.05) is 25.9 Å². The van der Waals surface area contributed by atoms with Crippen molar-refractivity contribution in [2.24, 2.45) is 5.92 Å². The number of pyridine rings is 1. The number of aromatic nitrogens is 1. The molecule has 1 unspecified atom stereocenters. The minimum atomic E-state index is 0.457. The van der Waals surface area contributed by atoms with Gasteiger partial charge in [-0.25, -0.2) is 4.98 Å². The Morgan fingerprint density at radius 2 is 1.95 bits per heavy atom. The van der Waals surface area contributed by atoms with Crippen LogP contribution >= 0.6 is 23.4 Å². The van der Waals surface area contributed by atoms with Gasteiger partial charge < -0.3 is 9.47 Å². The van der Waals surface area contributed by atoms with Gasteiger partial charge >= 0.3 is 0 Å². The van der Waals surface area contributed by atoms with Gasteiger partial charge in [-0.05, 0) is 29.5 Å². The summed E-state index contributed by atoms with van der Waals surface area (Å²) in [5.74, 6) is 3.52. The van der Waals surface area contributed by atoms with E-state index in [1.807, 2.05) is 24.4 Å². The Bertz CT molecular complexity index is 591. The highest BCUT2D eigenvalue weighted by atomic mass is 35.5. The number of ether oxygens (including phenoxy) is 2. The molecule has 1 aromatic heterocycles. The molecule has 0 aliphatic carbocycles. The molecule has 0 amide bonds. The van der Waals surface area contributed by atoms with Crippen molar-refractivity contribution in [3.63, 3.8) is 0 Å². The number of methoxy groups -OCH3 is 2. The lowest BCUT2D eigenvalue weighted by molar-refractivity contribution is 0.356. The summed E-state index contributed by atoms with van der Waals surface area (Å²) in [5.41, 5.74) is 0. The van der Waals surface area contributed by atoms with Crippen LogP contribution in [0, 0.1) is 5.92 Å². The van der Waals surface area contributed by atoms with Gasteiger partial charge in [-0.15, -0.1) is 23.4 Å². The number of thioether (sulfide) groups is 1. The Kier molecular flexibility index (Phi) is 5.38. The van der Waals surface area contributed by atoms with Crippen LogP contribution in [0.4, 0.5) is 0 Å². The van der Waals surface area contributed by atoms with Gasteiger partial charge in [0.1, 0.15) is 5.03 Å². The minimum absolute atomic E-state index is 0.457. The van der Waals surface area contributed by atoms with Crippen LogP contribution in [0.5, 0.6) is 11.5 Å². The summed E-state index contributed by atoms with van der Waals surface area (Å²) in [7, 11) is 3.28.